The number of anilines is 1. The number of hydrogen-bond acceptors (Lipinski definition) is 7. The monoisotopic (exact) mass is 555 g/mol. The first-order valence-corrected chi connectivity index (χ1v) is 14.1. The van der Waals surface area contributed by atoms with Crippen molar-refractivity contribution in [3.63, 3.8) is 0 Å². The summed E-state index contributed by atoms with van der Waals surface area (Å²) in [6.07, 6.45) is 5.07. The van der Waals surface area contributed by atoms with Crippen LogP contribution in [0.4, 0.5) is 10.6 Å². The van der Waals surface area contributed by atoms with Gasteiger partial charge in [0.05, 0.1) is 6.20 Å². The average Bonchev–Trinajstić information content (AvgIpc) is 3.31. The van der Waals surface area contributed by atoms with Crippen molar-refractivity contribution < 1.29 is 19.1 Å². The Bertz CT molecular complexity index is 1550. The Morgan fingerprint density at radius 1 is 1.00 bits per heavy atom. The van der Waals surface area contributed by atoms with Crippen LogP contribution in [0.25, 0.3) is 5.65 Å². The van der Waals surface area contributed by atoms with Gasteiger partial charge >= 0.3 is 6.09 Å². The second-order valence-electron chi connectivity index (χ2n) is 11.6. The number of ketones is 1. The van der Waals surface area contributed by atoms with Crippen LogP contribution in [-0.2, 0) is 17.7 Å². The zero-order chi connectivity index (χ0) is 29.0. The van der Waals surface area contributed by atoms with Gasteiger partial charge in [-0.15, -0.1) is 5.10 Å². The summed E-state index contributed by atoms with van der Waals surface area (Å²) >= 11 is 0. The van der Waals surface area contributed by atoms with Gasteiger partial charge in [-0.2, -0.15) is 0 Å². The molecule has 1 aliphatic rings. The van der Waals surface area contributed by atoms with Gasteiger partial charge in [0.1, 0.15) is 11.4 Å². The summed E-state index contributed by atoms with van der Waals surface area (Å²) in [7, 11) is 0. The molecule has 5 rings (SSSR count). The summed E-state index contributed by atoms with van der Waals surface area (Å²) in [6.45, 7) is 10.5. The molecule has 1 fully saturated rings. The van der Waals surface area contributed by atoms with Crippen LogP contribution in [0.3, 0.4) is 0 Å². The fourth-order valence-corrected chi connectivity index (χ4v) is 4.90. The maximum Gasteiger partial charge on any atom is 0.413 e. The lowest BCUT2D eigenvalue weighted by Crippen LogP contribution is -2.29. The molecule has 41 heavy (non-hydrogen) atoms. The number of amides is 1. The van der Waals surface area contributed by atoms with Gasteiger partial charge in [-0.3, -0.25) is 15.0 Å². The lowest BCUT2D eigenvalue weighted by Gasteiger charge is -2.26. The number of aryl methyl sites for hydroxylation is 1. The zero-order valence-corrected chi connectivity index (χ0v) is 24.1. The third-order valence-electron chi connectivity index (χ3n) is 6.92. The van der Waals surface area contributed by atoms with Gasteiger partial charge in [-0.05, 0) is 94.6 Å². The maximum absolute atomic E-state index is 13.3. The number of nitrogens with zero attached hydrogens (tertiary/aromatic N) is 4. The summed E-state index contributed by atoms with van der Waals surface area (Å²) in [5.74, 6) is 1.33. The SMILES string of the molecule is Cc1ccc(Oc2ccc3nc(NC(=O)OC(C)(C)C)cn3n2)cc1CC(=O)c1cccc(CN2CCCCC2)c1. The standard InChI is InChI=1S/C32H37N5O4/c1-22-11-12-26(40-30-14-13-29-33-28(21-37(29)35-30)34-31(39)41-32(2,3)4)18-25(22)19-27(38)24-10-8-9-23(17-24)20-36-15-6-5-7-16-36/h8-14,17-18,21H,5-7,15-16,19-20H2,1-4H3,(H,34,39). The number of benzene rings is 2. The van der Waals surface area contributed by atoms with Crippen molar-refractivity contribution in [2.45, 2.75) is 65.5 Å². The minimum atomic E-state index is -0.614. The van der Waals surface area contributed by atoms with Crippen LogP contribution < -0.4 is 10.1 Å². The minimum Gasteiger partial charge on any atom is -0.444 e. The number of hydrogen-bond donors (Lipinski definition) is 1. The summed E-state index contributed by atoms with van der Waals surface area (Å²) in [5, 5.41) is 7.08. The Balaban J connectivity index is 1.25. The quantitative estimate of drug-likeness (QED) is 0.245. The van der Waals surface area contributed by atoms with Gasteiger partial charge in [0, 0.05) is 24.6 Å². The van der Waals surface area contributed by atoms with E-state index in [2.05, 4.69) is 26.4 Å². The summed E-state index contributed by atoms with van der Waals surface area (Å²) in [6, 6.07) is 17.2. The fourth-order valence-electron chi connectivity index (χ4n) is 4.90. The Hall–Kier alpha value is -4.24. The molecule has 1 amide bonds. The van der Waals surface area contributed by atoms with Gasteiger partial charge in [0.2, 0.25) is 5.88 Å². The number of carbonyl (C=O) groups excluding carboxylic acids is 2. The van der Waals surface area contributed by atoms with Gasteiger partial charge in [0.25, 0.3) is 0 Å². The van der Waals surface area contributed by atoms with Crippen LogP contribution in [0.5, 0.6) is 11.6 Å². The summed E-state index contributed by atoms with van der Waals surface area (Å²) < 4.78 is 12.8. The first kappa shape index (κ1) is 28.3. The summed E-state index contributed by atoms with van der Waals surface area (Å²) in [4.78, 5) is 32.2. The van der Waals surface area contributed by atoms with Gasteiger partial charge < -0.3 is 9.47 Å². The maximum atomic E-state index is 13.3. The first-order chi connectivity index (χ1) is 19.6. The van der Waals surface area contributed by atoms with Crippen LogP contribution in [0.1, 0.15) is 67.1 Å². The second-order valence-corrected chi connectivity index (χ2v) is 11.6. The predicted molar refractivity (Wildman–Crippen MR) is 158 cm³/mol. The van der Waals surface area contributed by atoms with Crippen molar-refractivity contribution in [2.75, 3.05) is 18.4 Å². The van der Waals surface area contributed by atoms with E-state index in [9.17, 15) is 9.59 Å². The Labute approximate surface area is 240 Å². The van der Waals surface area contributed by atoms with Crippen LogP contribution in [0.15, 0.2) is 60.8 Å². The number of imidazole rings is 1. The molecule has 214 valence electrons. The number of ether oxygens (including phenoxy) is 2. The van der Waals surface area contributed by atoms with Gasteiger partial charge in [0.15, 0.2) is 17.2 Å². The molecule has 0 radical (unpaired) electrons. The van der Waals surface area contributed by atoms with E-state index in [1.807, 2.05) is 43.3 Å². The normalized spacial score (nSPS) is 14.1. The molecular weight excluding hydrogens is 518 g/mol. The predicted octanol–water partition coefficient (Wildman–Crippen LogP) is 6.59. The van der Waals surface area contributed by atoms with Crippen molar-refractivity contribution in [3.8, 4) is 11.6 Å². The highest BCUT2D eigenvalue weighted by molar-refractivity contribution is 5.97. The highest BCUT2D eigenvalue weighted by Crippen LogP contribution is 2.25. The van der Waals surface area contributed by atoms with Crippen LogP contribution >= 0.6 is 0 Å². The number of rotatable bonds is 8. The molecular formula is C32H37N5O4. The molecule has 2 aromatic heterocycles. The van der Waals surface area contributed by atoms with Crippen LogP contribution in [-0.4, -0.2) is 50.1 Å². The van der Waals surface area contributed by atoms with E-state index >= 15 is 0 Å². The molecule has 0 atom stereocenters. The Kier molecular flexibility index (Phi) is 8.35. The topological polar surface area (TPSA) is 98.1 Å². The molecule has 2 aromatic carbocycles. The van der Waals surface area contributed by atoms with Crippen molar-refractivity contribution >= 4 is 23.3 Å². The largest absolute Gasteiger partial charge is 0.444 e. The number of aromatic nitrogens is 3. The molecule has 1 saturated heterocycles. The van der Waals surface area contributed by atoms with E-state index < -0.39 is 11.7 Å². The van der Waals surface area contributed by atoms with E-state index in [4.69, 9.17) is 9.47 Å². The third-order valence-corrected chi connectivity index (χ3v) is 6.92. The van der Waals surface area contributed by atoms with E-state index in [1.165, 1.54) is 29.3 Å². The highest BCUT2D eigenvalue weighted by atomic mass is 16.6. The van der Waals surface area contributed by atoms with E-state index in [0.717, 1.165) is 36.3 Å². The molecule has 0 saturated carbocycles. The molecule has 1 N–H and O–H groups in total. The fraction of sp³-hybridized carbons (Fsp3) is 0.375. The van der Waals surface area contributed by atoms with Crippen LogP contribution in [0, 0.1) is 6.92 Å². The lowest BCUT2D eigenvalue weighted by atomic mass is 9.98. The van der Waals surface area contributed by atoms with Crippen LogP contribution in [0.2, 0.25) is 0 Å². The molecule has 0 aliphatic carbocycles. The molecule has 0 spiro atoms. The number of nitrogens with one attached hydrogen (secondary N) is 1. The van der Waals surface area contributed by atoms with E-state index in [-0.39, 0.29) is 12.2 Å². The zero-order valence-electron chi connectivity index (χ0n) is 24.1. The highest BCUT2D eigenvalue weighted by Gasteiger charge is 2.18. The third kappa shape index (κ3) is 7.70. The van der Waals surface area contributed by atoms with Crippen molar-refractivity contribution in [3.05, 3.63) is 83.0 Å². The van der Waals surface area contributed by atoms with E-state index in [1.54, 1.807) is 39.1 Å². The number of likely N-dealkylation sites (tertiary alicyclic amines) is 1. The average molecular weight is 556 g/mol. The Morgan fingerprint density at radius 2 is 1.80 bits per heavy atom. The Morgan fingerprint density at radius 3 is 2.59 bits per heavy atom. The summed E-state index contributed by atoms with van der Waals surface area (Å²) in [5.41, 5.74) is 3.76. The van der Waals surface area contributed by atoms with Crippen molar-refractivity contribution in [2.24, 2.45) is 0 Å². The number of carbonyl (C=O) groups is 2. The smallest absolute Gasteiger partial charge is 0.413 e. The minimum absolute atomic E-state index is 0.0775. The number of fused-ring (bicyclic) bond motifs is 1. The van der Waals surface area contributed by atoms with E-state index in [0.29, 0.717) is 23.1 Å². The number of Topliss-reactive ketones (excluding diaryl/α,β-unsaturated/α-hetero) is 1. The molecule has 3 heterocycles. The van der Waals surface area contributed by atoms with Gasteiger partial charge in [-0.1, -0.05) is 30.7 Å². The van der Waals surface area contributed by atoms with Crippen molar-refractivity contribution in [1.82, 2.24) is 19.5 Å². The first-order valence-electron chi connectivity index (χ1n) is 14.1. The lowest BCUT2D eigenvalue weighted by molar-refractivity contribution is 0.0635. The number of piperidine rings is 1. The molecule has 0 unspecified atom stereocenters. The molecule has 4 aromatic rings. The second kappa shape index (κ2) is 12.1. The molecule has 9 heteroatoms. The van der Waals surface area contributed by atoms with Gasteiger partial charge in [-0.25, -0.2) is 14.3 Å². The molecule has 1 aliphatic heterocycles. The molecule has 0 bridgehead atoms. The molecule has 9 nitrogen and oxygen atoms in total. The van der Waals surface area contributed by atoms with Crippen molar-refractivity contribution in [1.29, 1.82) is 0 Å².